The molecule has 0 radical (unpaired) electrons. The van der Waals surface area contributed by atoms with Crippen LogP contribution in [0.5, 0.6) is 0 Å². The molecular formula is C11H7Cl2N3O2S. The van der Waals surface area contributed by atoms with Gasteiger partial charge in [-0.15, -0.1) is 0 Å². The van der Waals surface area contributed by atoms with Crippen LogP contribution in [0.2, 0.25) is 5.02 Å². The zero-order valence-electron chi connectivity index (χ0n) is 9.42. The minimum absolute atomic E-state index is 0.0953. The normalized spacial score (nSPS) is 11.2. The van der Waals surface area contributed by atoms with Gasteiger partial charge in [-0.25, -0.2) is 13.1 Å². The van der Waals surface area contributed by atoms with E-state index in [0.29, 0.717) is 10.6 Å². The van der Waals surface area contributed by atoms with E-state index in [0.717, 1.165) is 10.9 Å². The molecule has 2 rings (SSSR count). The number of hydrogen-bond acceptors (Lipinski definition) is 4. The van der Waals surface area contributed by atoms with E-state index < -0.39 is 9.05 Å². The fourth-order valence-corrected chi connectivity index (χ4v) is 3.02. The predicted molar refractivity (Wildman–Crippen MR) is 70.5 cm³/mol. The molecule has 8 heteroatoms. The predicted octanol–water partition coefficient (Wildman–Crippen LogP) is 2.38. The van der Waals surface area contributed by atoms with Crippen LogP contribution in [-0.4, -0.2) is 18.2 Å². The van der Waals surface area contributed by atoms with Crippen LogP contribution in [0.1, 0.15) is 11.1 Å². The lowest BCUT2D eigenvalue weighted by atomic mass is 10.2. The number of rotatable bonds is 3. The van der Waals surface area contributed by atoms with E-state index >= 15 is 0 Å². The minimum Gasteiger partial charge on any atom is -0.247 e. The van der Waals surface area contributed by atoms with Gasteiger partial charge >= 0.3 is 0 Å². The molecule has 0 fully saturated rings. The fraction of sp³-hybridized carbons (Fsp3) is 0.0909. The highest BCUT2D eigenvalue weighted by Gasteiger charge is 2.23. The summed E-state index contributed by atoms with van der Waals surface area (Å²) in [6.45, 7) is 0.114. The molecule has 0 saturated carbocycles. The van der Waals surface area contributed by atoms with Gasteiger partial charge in [0.2, 0.25) is 0 Å². The van der Waals surface area contributed by atoms with Crippen molar-refractivity contribution in [2.45, 2.75) is 11.6 Å². The number of nitriles is 1. The van der Waals surface area contributed by atoms with E-state index in [4.69, 9.17) is 27.5 Å². The molecule has 0 aliphatic rings. The molecule has 0 amide bonds. The molecule has 5 nitrogen and oxygen atoms in total. The van der Waals surface area contributed by atoms with Crippen LogP contribution in [-0.2, 0) is 15.6 Å². The quantitative estimate of drug-likeness (QED) is 0.815. The maximum atomic E-state index is 11.5. The second kappa shape index (κ2) is 5.21. The summed E-state index contributed by atoms with van der Waals surface area (Å²) in [4.78, 5) is 0. The number of benzene rings is 1. The molecule has 0 spiro atoms. The Balaban J connectivity index is 2.52. The van der Waals surface area contributed by atoms with Gasteiger partial charge in [-0.2, -0.15) is 10.4 Å². The van der Waals surface area contributed by atoms with Gasteiger partial charge in [-0.05, 0) is 11.6 Å². The Morgan fingerprint density at radius 3 is 2.63 bits per heavy atom. The second-order valence-corrected chi connectivity index (χ2v) is 6.55. The van der Waals surface area contributed by atoms with Gasteiger partial charge in [-0.3, -0.25) is 0 Å². The summed E-state index contributed by atoms with van der Waals surface area (Å²) in [6, 6.07) is 8.69. The van der Waals surface area contributed by atoms with Crippen LogP contribution in [0, 0.1) is 11.3 Å². The first-order chi connectivity index (χ1) is 8.93. The number of aromatic nitrogens is 2. The van der Waals surface area contributed by atoms with Gasteiger partial charge < -0.3 is 0 Å². The van der Waals surface area contributed by atoms with Crippen molar-refractivity contribution in [3.05, 3.63) is 46.6 Å². The molecule has 0 saturated heterocycles. The third-order valence-electron chi connectivity index (χ3n) is 2.42. The van der Waals surface area contributed by atoms with Gasteiger partial charge in [0.1, 0.15) is 11.6 Å². The monoisotopic (exact) mass is 315 g/mol. The van der Waals surface area contributed by atoms with Crippen molar-refractivity contribution in [3.8, 4) is 6.07 Å². The molecule has 1 heterocycles. The zero-order chi connectivity index (χ0) is 14.0. The molecule has 0 aliphatic carbocycles. The number of nitrogens with zero attached hydrogens (tertiary/aromatic N) is 3. The molecule has 2 aromatic rings. The Morgan fingerprint density at radius 1 is 1.37 bits per heavy atom. The van der Waals surface area contributed by atoms with E-state index in [1.807, 2.05) is 0 Å². The Kier molecular flexibility index (Phi) is 3.80. The summed E-state index contributed by atoms with van der Waals surface area (Å²) in [7, 11) is 1.26. The van der Waals surface area contributed by atoms with Gasteiger partial charge in [-0.1, -0.05) is 29.8 Å². The van der Waals surface area contributed by atoms with E-state index in [2.05, 4.69) is 5.10 Å². The summed E-state index contributed by atoms with van der Waals surface area (Å²) in [5.74, 6) is 0. The standard InChI is InChI=1S/C11H7Cl2N3O2S/c12-10-4-2-1-3-8(10)7-16-11(19(13,17)18)9(5-14)6-15-16/h1-4,6H,7H2. The molecular weight excluding hydrogens is 309 g/mol. The molecule has 0 bridgehead atoms. The highest BCUT2D eigenvalue weighted by Crippen LogP contribution is 2.22. The maximum absolute atomic E-state index is 11.5. The Labute approximate surface area is 119 Å². The molecule has 1 aromatic carbocycles. The molecule has 98 valence electrons. The summed E-state index contributed by atoms with van der Waals surface area (Å²) in [6.07, 6.45) is 1.16. The summed E-state index contributed by atoms with van der Waals surface area (Å²) in [5.41, 5.74) is 0.584. The minimum atomic E-state index is -4.06. The lowest BCUT2D eigenvalue weighted by molar-refractivity contribution is 0.573. The van der Waals surface area contributed by atoms with Gasteiger partial charge in [0.15, 0.2) is 5.03 Å². The van der Waals surface area contributed by atoms with Gasteiger partial charge in [0.05, 0.1) is 12.7 Å². The average Bonchev–Trinajstić information content (AvgIpc) is 2.75. The second-order valence-electron chi connectivity index (χ2n) is 3.66. The van der Waals surface area contributed by atoms with Gasteiger partial charge in [0.25, 0.3) is 9.05 Å². The number of halogens is 2. The van der Waals surface area contributed by atoms with Crippen molar-refractivity contribution >= 4 is 31.3 Å². The Morgan fingerprint density at radius 2 is 2.05 bits per heavy atom. The highest BCUT2D eigenvalue weighted by molar-refractivity contribution is 8.13. The zero-order valence-corrected chi connectivity index (χ0v) is 11.7. The molecule has 19 heavy (non-hydrogen) atoms. The molecule has 0 aliphatic heterocycles. The third kappa shape index (κ3) is 2.89. The van der Waals surface area contributed by atoms with Crippen molar-refractivity contribution in [1.29, 1.82) is 5.26 Å². The smallest absolute Gasteiger partial charge is 0.247 e. The highest BCUT2D eigenvalue weighted by atomic mass is 35.7. The van der Waals surface area contributed by atoms with Crippen molar-refractivity contribution < 1.29 is 8.42 Å². The summed E-state index contributed by atoms with van der Waals surface area (Å²) < 4.78 is 24.1. The Bertz CT molecular complexity index is 762. The maximum Gasteiger partial charge on any atom is 0.279 e. The average molecular weight is 316 g/mol. The number of hydrogen-bond donors (Lipinski definition) is 0. The van der Waals surface area contributed by atoms with Crippen molar-refractivity contribution in [2.75, 3.05) is 0 Å². The van der Waals surface area contributed by atoms with Crippen LogP contribution in [0.15, 0.2) is 35.5 Å². The fourth-order valence-electron chi connectivity index (χ4n) is 1.61. The lowest BCUT2D eigenvalue weighted by Gasteiger charge is -2.07. The van der Waals surface area contributed by atoms with Crippen LogP contribution < -0.4 is 0 Å². The third-order valence-corrected chi connectivity index (χ3v) is 4.12. The van der Waals surface area contributed by atoms with Crippen molar-refractivity contribution in [2.24, 2.45) is 0 Å². The van der Waals surface area contributed by atoms with Crippen molar-refractivity contribution in [3.63, 3.8) is 0 Å². The van der Waals surface area contributed by atoms with Crippen LogP contribution in [0.25, 0.3) is 0 Å². The van der Waals surface area contributed by atoms with Gasteiger partial charge in [0, 0.05) is 15.7 Å². The lowest BCUT2D eigenvalue weighted by Crippen LogP contribution is -2.09. The first-order valence-electron chi connectivity index (χ1n) is 5.07. The SMILES string of the molecule is N#Cc1cnn(Cc2ccccc2Cl)c1S(=O)(=O)Cl. The van der Waals surface area contributed by atoms with Crippen LogP contribution in [0.4, 0.5) is 0 Å². The first-order valence-corrected chi connectivity index (χ1v) is 7.76. The largest absolute Gasteiger partial charge is 0.279 e. The van der Waals surface area contributed by atoms with E-state index in [1.54, 1.807) is 30.3 Å². The Hall–Kier alpha value is -1.55. The molecule has 0 unspecified atom stereocenters. The molecule has 0 N–H and O–H groups in total. The van der Waals surface area contributed by atoms with Crippen LogP contribution in [0.3, 0.4) is 0 Å². The van der Waals surface area contributed by atoms with E-state index in [-0.39, 0.29) is 17.1 Å². The molecule has 0 atom stereocenters. The topological polar surface area (TPSA) is 75.8 Å². The summed E-state index contributed by atoms with van der Waals surface area (Å²) in [5, 5.41) is 12.9. The first kappa shape index (κ1) is 13.9. The van der Waals surface area contributed by atoms with Crippen molar-refractivity contribution in [1.82, 2.24) is 9.78 Å². The molecule has 1 aromatic heterocycles. The van der Waals surface area contributed by atoms with E-state index in [9.17, 15) is 8.42 Å². The summed E-state index contributed by atoms with van der Waals surface area (Å²) >= 11 is 5.99. The van der Waals surface area contributed by atoms with Crippen LogP contribution >= 0.6 is 22.3 Å². The van der Waals surface area contributed by atoms with E-state index in [1.165, 1.54) is 0 Å².